The van der Waals surface area contributed by atoms with Crippen LogP contribution in [0.5, 0.6) is 0 Å². The van der Waals surface area contributed by atoms with Crippen molar-refractivity contribution in [3.8, 4) is 0 Å². The SMILES string of the molecule is NC(=O)c1cc(CC(=O)O)cc2c1NC(C(F)(F)F)CC2. The summed E-state index contributed by atoms with van der Waals surface area (Å²) in [6.45, 7) is 0. The van der Waals surface area contributed by atoms with Crippen LogP contribution in [0.3, 0.4) is 0 Å². The zero-order valence-electron chi connectivity index (χ0n) is 10.8. The van der Waals surface area contributed by atoms with Crippen LogP contribution in [-0.4, -0.2) is 29.2 Å². The fourth-order valence-electron chi connectivity index (χ4n) is 2.40. The van der Waals surface area contributed by atoms with Crippen molar-refractivity contribution < 1.29 is 27.9 Å². The van der Waals surface area contributed by atoms with Gasteiger partial charge >= 0.3 is 12.1 Å². The molecular formula is C13H13F3N2O3. The molecule has 1 aliphatic rings. The van der Waals surface area contributed by atoms with Crippen LogP contribution in [-0.2, 0) is 17.6 Å². The second-order valence-electron chi connectivity index (χ2n) is 4.89. The number of aryl methyl sites for hydroxylation is 1. The van der Waals surface area contributed by atoms with E-state index in [-0.39, 0.29) is 30.5 Å². The van der Waals surface area contributed by atoms with Crippen molar-refractivity contribution in [2.45, 2.75) is 31.5 Å². The van der Waals surface area contributed by atoms with Crippen LogP contribution in [0, 0.1) is 0 Å². The molecule has 2 rings (SSSR count). The van der Waals surface area contributed by atoms with Gasteiger partial charge in [-0.15, -0.1) is 0 Å². The molecule has 8 heteroatoms. The highest BCUT2D eigenvalue weighted by atomic mass is 19.4. The van der Waals surface area contributed by atoms with Crippen molar-refractivity contribution in [3.05, 3.63) is 28.8 Å². The lowest BCUT2D eigenvalue weighted by Crippen LogP contribution is -2.40. The summed E-state index contributed by atoms with van der Waals surface area (Å²) >= 11 is 0. The van der Waals surface area contributed by atoms with Gasteiger partial charge in [0.15, 0.2) is 0 Å². The number of anilines is 1. The monoisotopic (exact) mass is 302 g/mol. The molecule has 0 bridgehead atoms. The molecule has 0 fully saturated rings. The Morgan fingerprint density at radius 3 is 2.57 bits per heavy atom. The van der Waals surface area contributed by atoms with Crippen LogP contribution in [0.2, 0.25) is 0 Å². The number of hydrogen-bond acceptors (Lipinski definition) is 3. The Balaban J connectivity index is 2.44. The molecule has 0 spiro atoms. The number of carbonyl (C=O) groups is 2. The van der Waals surface area contributed by atoms with E-state index in [1.54, 1.807) is 0 Å². The molecule has 1 heterocycles. The number of carboxylic acid groups (broad SMARTS) is 1. The van der Waals surface area contributed by atoms with Gasteiger partial charge in [-0.3, -0.25) is 9.59 Å². The molecule has 1 unspecified atom stereocenters. The normalized spacial score (nSPS) is 17.8. The van der Waals surface area contributed by atoms with Crippen LogP contribution in [0.1, 0.15) is 27.9 Å². The van der Waals surface area contributed by atoms with E-state index in [1.807, 2.05) is 0 Å². The highest BCUT2D eigenvalue weighted by Crippen LogP contribution is 2.35. The van der Waals surface area contributed by atoms with Crippen LogP contribution in [0.25, 0.3) is 0 Å². The van der Waals surface area contributed by atoms with Crippen molar-refractivity contribution in [2.75, 3.05) is 5.32 Å². The van der Waals surface area contributed by atoms with E-state index in [2.05, 4.69) is 5.32 Å². The summed E-state index contributed by atoms with van der Waals surface area (Å²) in [4.78, 5) is 22.1. The Morgan fingerprint density at radius 2 is 2.05 bits per heavy atom. The molecule has 21 heavy (non-hydrogen) atoms. The van der Waals surface area contributed by atoms with Gasteiger partial charge in [0, 0.05) is 0 Å². The van der Waals surface area contributed by atoms with Gasteiger partial charge in [0.25, 0.3) is 5.91 Å². The predicted octanol–water partition coefficient (Wildman–Crippen LogP) is 1.70. The molecule has 114 valence electrons. The fourth-order valence-corrected chi connectivity index (χ4v) is 2.40. The molecule has 1 aromatic rings. The molecule has 1 atom stereocenters. The number of amides is 1. The number of aliphatic carboxylic acids is 1. The van der Waals surface area contributed by atoms with Crippen molar-refractivity contribution in [2.24, 2.45) is 5.73 Å². The van der Waals surface area contributed by atoms with E-state index in [4.69, 9.17) is 10.8 Å². The van der Waals surface area contributed by atoms with Gasteiger partial charge in [-0.2, -0.15) is 13.2 Å². The van der Waals surface area contributed by atoms with Crippen LogP contribution < -0.4 is 11.1 Å². The lowest BCUT2D eigenvalue weighted by atomic mass is 9.92. The average molecular weight is 302 g/mol. The highest BCUT2D eigenvalue weighted by molar-refractivity contribution is 6.00. The molecule has 0 radical (unpaired) electrons. The van der Waals surface area contributed by atoms with Gasteiger partial charge in [-0.05, 0) is 30.0 Å². The van der Waals surface area contributed by atoms with Gasteiger partial charge in [0.05, 0.1) is 17.7 Å². The topological polar surface area (TPSA) is 92.4 Å². The van der Waals surface area contributed by atoms with E-state index in [0.717, 1.165) is 0 Å². The van der Waals surface area contributed by atoms with E-state index < -0.39 is 24.1 Å². The molecule has 0 aliphatic carbocycles. The number of carboxylic acids is 1. The Labute approximate surface area is 117 Å². The Bertz CT molecular complexity index is 599. The summed E-state index contributed by atoms with van der Waals surface area (Å²) in [7, 11) is 0. The first-order chi connectivity index (χ1) is 9.68. The molecular weight excluding hydrogens is 289 g/mol. The minimum atomic E-state index is -4.42. The Morgan fingerprint density at radius 1 is 1.38 bits per heavy atom. The molecule has 1 aromatic carbocycles. The maximum Gasteiger partial charge on any atom is 0.408 e. The van der Waals surface area contributed by atoms with E-state index in [9.17, 15) is 22.8 Å². The number of primary amides is 1. The first-order valence-corrected chi connectivity index (χ1v) is 6.19. The molecule has 0 saturated carbocycles. The number of carbonyl (C=O) groups excluding carboxylic acids is 1. The number of hydrogen-bond donors (Lipinski definition) is 3. The van der Waals surface area contributed by atoms with Gasteiger partial charge < -0.3 is 16.2 Å². The number of rotatable bonds is 3. The number of benzene rings is 1. The largest absolute Gasteiger partial charge is 0.481 e. The van der Waals surface area contributed by atoms with Crippen molar-refractivity contribution in [3.63, 3.8) is 0 Å². The molecule has 1 aliphatic heterocycles. The lowest BCUT2D eigenvalue weighted by molar-refractivity contribution is -0.144. The summed E-state index contributed by atoms with van der Waals surface area (Å²) in [5.41, 5.74) is 5.93. The first kappa shape index (κ1) is 15.1. The molecule has 0 saturated heterocycles. The number of nitrogens with one attached hydrogen (secondary N) is 1. The average Bonchev–Trinajstić information content (AvgIpc) is 2.35. The van der Waals surface area contributed by atoms with Crippen LogP contribution >= 0.6 is 0 Å². The lowest BCUT2D eigenvalue weighted by Gasteiger charge is -2.30. The van der Waals surface area contributed by atoms with Gasteiger partial charge in [0.1, 0.15) is 6.04 Å². The smallest absolute Gasteiger partial charge is 0.408 e. The third kappa shape index (κ3) is 3.26. The molecule has 0 aromatic heterocycles. The van der Waals surface area contributed by atoms with Crippen molar-refractivity contribution in [1.29, 1.82) is 0 Å². The second-order valence-corrected chi connectivity index (χ2v) is 4.89. The zero-order chi connectivity index (χ0) is 15.8. The number of nitrogens with two attached hydrogens (primary N) is 1. The van der Waals surface area contributed by atoms with Crippen LogP contribution in [0.15, 0.2) is 12.1 Å². The second kappa shape index (κ2) is 5.27. The Kier molecular flexibility index (Phi) is 3.80. The maximum absolute atomic E-state index is 12.8. The van der Waals surface area contributed by atoms with E-state index >= 15 is 0 Å². The van der Waals surface area contributed by atoms with Gasteiger partial charge in [-0.1, -0.05) is 6.07 Å². The quantitative estimate of drug-likeness (QED) is 0.792. The maximum atomic E-state index is 12.8. The fraction of sp³-hybridized carbons (Fsp3) is 0.385. The van der Waals surface area contributed by atoms with Gasteiger partial charge in [0.2, 0.25) is 0 Å². The third-order valence-electron chi connectivity index (χ3n) is 3.32. The third-order valence-corrected chi connectivity index (χ3v) is 3.32. The standard InChI is InChI=1S/C13H13F3N2O3/c14-13(15,16)9-2-1-7-3-6(5-10(19)20)4-8(12(17)21)11(7)18-9/h3-4,9,18H,1-2,5H2,(H2,17,21)(H,19,20). The number of alkyl halides is 3. The number of halogens is 3. The van der Waals surface area contributed by atoms with E-state index in [0.29, 0.717) is 11.1 Å². The summed E-state index contributed by atoms with van der Waals surface area (Å²) < 4.78 is 38.3. The minimum absolute atomic E-state index is 0.0465. The first-order valence-electron chi connectivity index (χ1n) is 6.19. The zero-order valence-corrected chi connectivity index (χ0v) is 10.8. The summed E-state index contributed by atoms with van der Waals surface area (Å²) in [6, 6.07) is 0.977. The van der Waals surface area contributed by atoms with Crippen molar-refractivity contribution in [1.82, 2.24) is 0 Å². The van der Waals surface area contributed by atoms with Crippen LogP contribution in [0.4, 0.5) is 18.9 Å². The summed E-state index contributed by atoms with van der Waals surface area (Å²) in [5.74, 6) is -1.99. The molecule has 5 nitrogen and oxygen atoms in total. The Hall–Kier alpha value is -2.25. The van der Waals surface area contributed by atoms with E-state index in [1.165, 1.54) is 12.1 Å². The number of fused-ring (bicyclic) bond motifs is 1. The van der Waals surface area contributed by atoms with Crippen molar-refractivity contribution >= 4 is 17.6 Å². The highest BCUT2D eigenvalue weighted by Gasteiger charge is 2.42. The van der Waals surface area contributed by atoms with Gasteiger partial charge in [-0.25, -0.2) is 0 Å². The molecule has 4 N–H and O–H groups in total. The minimum Gasteiger partial charge on any atom is -0.481 e. The molecule has 1 amide bonds. The summed E-state index contributed by atoms with van der Waals surface area (Å²) in [6.07, 6.45) is -4.83. The predicted molar refractivity (Wildman–Crippen MR) is 68.1 cm³/mol. The summed E-state index contributed by atoms with van der Waals surface area (Å²) in [5, 5.41) is 11.1.